The average Bonchev–Trinajstić information content (AvgIpc) is 2.84. The second-order valence-corrected chi connectivity index (χ2v) is 7.61. The maximum atomic E-state index is 12.7. The van der Waals surface area contributed by atoms with Crippen molar-refractivity contribution in [2.45, 2.75) is 44.8 Å². The first-order valence-electron chi connectivity index (χ1n) is 9.44. The fraction of sp³-hybridized carbons (Fsp3) is 0.550. The quantitative estimate of drug-likeness (QED) is 0.768. The van der Waals surface area contributed by atoms with Crippen LogP contribution in [0, 0.1) is 0 Å². The van der Waals surface area contributed by atoms with Crippen molar-refractivity contribution in [2.75, 3.05) is 26.2 Å². The van der Waals surface area contributed by atoms with E-state index in [9.17, 15) is 14.4 Å². The Morgan fingerprint density at radius 3 is 2.67 bits per heavy atom. The molecule has 2 fully saturated rings. The van der Waals surface area contributed by atoms with Crippen LogP contribution in [0.1, 0.15) is 32.3 Å². The fourth-order valence-corrected chi connectivity index (χ4v) is 3.50. The van der Waals surface area contributed by atoms with E-state index in [0.717, 1.165) is 19.3 Å². The molecule has 1 atom stereocenters. The number of aryl methyl sites for hydroxylation is 1. The van der Waals surface area contributed by atoms with Gasteiger partial charge >= 0.3 is 6.03 Å². The predicted octanol–water partition coefficient (Wildman–Crippen LogP) is 1.57. The first-order valence-corrected chi connectivity index (χ1v) is 9.44. The zero-order valence-electron chi connectivity index (χ0n) is 15.9. The van der Waals surface area contributed by atoms with Gasteiger partial charge in [-0.2, -0.15) is 0 Å². The van der Waals surface area contributed by atoms with Gasteiger partial charge in [0, 0.05) is 13.1 Å². The van der Waals surface area contributed by atoms with Crippen LogP contribution in [0.5, 0.6) is 0 Å². The molecule has 1 aromatic carbocycles. The molecule has 146 valence electrons. The van der Waals surface area contributed by atoms with Crippen molar-refractivity contribution in [2.24, 2.45) is 0 Å². The summed E-state index contributed by atoms with van der Waals surface area (Å²) in [4.78, 5) is 39.5. The van der Waals surface area contributed by atoms with Crippen molar-refractivity contribution >= 4 is 17.8 Å². The Labute approximate surface area is 159 Å². The Kier molecular flexibility index (Phi) is 5.79. The second kappa shape index (κ2) is 8.08. The number of hydrogen-bond acceptors (Lipinski definition) is 4. The van der Waals surface area contributed by atoms with E-state index < -0.39 is 11.6 Å². The van der Waals surface area contributed by atoms with E-state index in [1.165, 1.54) is 10.5 Å². The number of ether oxygens (including phenoxy) is 1. The summed E-state index contributed by atoms with van der Waals surface area (Å²) >= 11 is 0. The van der Waals surface area contributed by atoms with Crippen LogP contribution in [-0.2, 0) is 20.7 Å². The third-order valence-electron chi connectivity index (χ3n) is 5.32. The van der Waals surface area contributed by atoms with Gasteiger partial charge in [0.05, 0.1) is 12.7 Å². The SMILES string of the molecule is CC1(C)C(=O)NC(=O)N1CC(=O)N1CCO[C@H](CCCc2ccccc2)C1. The highest BCUT2D eigenvalue weighted by molar-refractivity contribution is 6.07. The van der Waals surface area contributed by atoms with Crippen molar-refractivity contribution in [3.63, 3.8) is 0 Å². The van der Waals surface area contributed by atoms with E-state index in [4.69, 9.17) is 4.74 Å². The molecule has 0 aromatic heterocycles. The van der Waals surface area contributed by atoms with Crippen molar-refractivity contribution < 1.29 is 19.1 Å². The van der Waals surface area contributed by atoms with Gasteiger partial charge in [-0.1, -0.05) is 30.3 Å². The zero-order valence-corrected chi connectivity index (χ0v) is 15.9. The zero-order chi connectivity index (χ0) is 19.4. The summed E-state index contributed by atoms with van der Waals surface area (Å²) in [7, 11) is 0. The monoisotopic (exact) mass is 373 g/mol. The minimum Gasteiger partial charge on any atom is -0.375 e. The summed E-state index contributed by atoms with van der Waals surface area (Å²) < 4.78 is 5.80. The smallest absolute Gasteiger partial charge is 0.325 e. The van der Waals surface area contributed by atoms with Gasteiger partial charge in [-0.05, 0) is 38.7 Å². The molecule has 2 aliphatic heterocycles. The standard InChI is InChI=1S/C20H27N3O4/c1-20(2)18(25)21-19(26)23(20)14-17(24)22-11-12-27-16(13-22)10-6-9-15-7-4-3-5-8-15/h3-5,7-8,16H,6,9-14H2,1-2H3,(H,21,25,26)/t16-/m1/s1. The molecule has 0 aliphatic carbocycles. The number of benzene rings is 1. The predicted molar refractivity (Wildman–Crippen MR) is 100 cm³/mol. The highest BCUT2D eigenvalue weighted by atomic mass is 16.5. The van der Waals surface area contributed by atoms with Crippen LogP contribution in [-0.4, -0.2) is 65.5 Å². The summed E-state index contributed by atoms with van der Waals surface area (Å²) in [6.07, 6.45) is 2.87. The van der Waals surface area contributed by atoms with E-state index in [0.29, 0.717) is 19.7 Å². The summed E-state index contributed by atoms with van der Waals surface area (Å²) in [6, 6.07) is 9.79. The number of urea groups is 1. The maximum absolute atomic E-state index is 12.7. The van der Waals surface area contributed by atoms with Gasteiger partial charge in [-0.25, -0.2) is 4.79 Å². The van der Waals surface area contributed by atoms with Crippen molar-refractivity contribution in [3.8, 4) is 0 Å². The molecule has 0 saturated carbocycles. The highest BCUT2D eigenvalue weighted by Crippen LogP contribution is 2.21. The molecule has 0 unspecified atom stereocenters. The average molecular weight is 373 g/mol. The lowest BCUT2D eigenvalue weighted by Crippen LogP contribution is -2.53. The van der Waals surface area contributed by atoms with Gasteiger partial charge in [0.15, 0.2) is 0 Å². The third kappa shape index (κ3) is 4.47. The largest absolute Gasteiger partial charge is 0.375 e. The number of amides is 4. The van der Waals surface area contributed by atoms with Crippen LogP contribution in [0.3, 0.4) is 0 Å². The molecule has 1 aromatic rings. The van der Waals surface area contributed by atoms with Crippen LogP contribution in [0.15, 0.2) is 30.3 Å². The molecule has 2 aliphatic rings. The van der Waals surface area contributed by atoms with Crippen LogP contribution in [0.4, 0.5) is 4.79 Å². The molecule has 2 saturated heterocycles. The Balaban J connectivity index is 1.49. The van der Waals surface area contributed by atoms with Crippen LogP contribution in [0.25, 0.3) is 0 Å². The molecule has 3 rings (SSSR count). The van der Waals surface area contributed by atoms with E-state index in [-0.39, 0.29) is 24.5 Å². The first-order chi connectivity index (χ1) is 12.9. The van der Waals surface area contributed by atoms with Crippen molar-refractivity contribution in [1.82, 2.24) is 15.1 Å². The number of carbonyl (C=O) groups excluding carboxylic acids is 3. The summed E-state index contributed by atoms with van der Waals surface area (Å²) in [5.74, 6) is -0.523. The number of morpholine rings is 1. The topological polar surface area (TPSA) is 79.0 Å². The number of hydrogen-bond donors (Lipinski definition) is 1. The molecule has 0 radical (unpaired) electrons. The molecule has 1 N–H and O–H groups in total. The lowest BCUT2D eigenvalue weighted by Gasteiger charge is -2.35. The van der Waals surface area contributed by atoms with Crippen molar-refractivity contribution in [3.05, 3.63) is 35.9 Å². The van der Waals surface area contributed by atoms with E-state index in [1.54, 1.807) is 18.7 Å². The lowest BCUT2D eigenvalue weighted by molar-refractivity contribution is -0.140. The lowest BCUT2D eigenvalue weighted by atomic mass is 10.0. The van der Waals surface area contributed by atoms with Crippen LogP contribution < -0.4 is 5.32 Å². The van der Waals surface area contributed by atoms with Crippen LogP contribution >= 0.6 is 0 Å². The normalized spacial score (nSPS) is 22.1. The maximum Gasteiger partial charge on any atom is 0.325 e. The Bertz CT molecular complexity index is 704. The molecule has 7 nitrogen and oxygen atoms in total. The first kappa shape index (κ1) is 19.4. The summed E-state index contributed by atoms with van der Waals surface area (Å²) in [5, 5.41) is 2.27. The molecule has 0 spiro atoms. The number of nitrogens with zero attached hydrogens (tertiary/aromatic N) is 2. The highest BCUT2D eigenvalue weighted by Gasteiger charge is 2.46. The molecule has 2 heterocycles. The summed E-state index contributed by atoms with van der Waals surface area (Å²) in [6.45, 7) is 4.73. The molecule has 7 heteroatoms. The number of carbonyl (C=O) groups is 3. The minimum atomic E-state index is -1.01. The minimum absolute atomic E-state index is 0.00783. The Morgan fingerprint density at radius 2 is 2.00 bits per heavy atom. The van der Waals surface area contributed by atoms with E-state index in [1.807, 2.05) is 18.2 Å². The molecular weight excluding hydrogens is 346 g/mol. The molecule has 27 heavy (non-hydrogen) atoms. The second-order valence-electron chi connectivity index (χ2n) is 7.61. The number of rotatable bonds is 6. The molecule has 0 bridgehead atoms. The Hall–Kier alpha value is -2.41. The number of imide groups is 1. The Morgan fingerprint density at radius 1 is 1.26 bits per heavy atom. The fourth-order valence-electron chi connectivity index (χ4n) is 3.50. The van der Waals surface area contributed by atoms with E-state index in [2.05, 4.69) is 17.4 Å². The molecule has 4 amide bonds. The van der Waals surface area contributed by atoms with Gasteiger partial charge in [-0.15, -0.1) is 0 Å². The van der Waals surface area contributed by atoms with Gasteiger partial charge in [0.2, 0.25) is 5.91 Å². The van der Waals surface area contributed by atoms with Gasteiger partial charge in [-0.3, -0.25) is 14.9 Å². The third-order valence-corrected chi connectivity index (χ3v) is 5.32. The molecular formula is C20H27N3O4. The summed E-state index contributed by atoms with van der Waals surface area (Å²) in [5.41, 5.74) is 0.293. The van der Waals surface area contributed by atoms with Gasteiger partial charge in [0.1, 0.15) is 12.1 Å². The van der Waals surface area contributed by atoms with Crippen molar-refractivity contribution in [1.29, 1.82) is 0 Å². The van der Waals surface area contributed by atoms with Gasteiger partial charge < -0.3 is 14.5 Å². The van der Waals surface area contributed by atoms with Gasteiger partial charge in [0.25, 0.3) is 5.91 Å². The van der Waals surface area contributed by atoms with Crippen LogP contribution in [0.2, 0.25) is 0 Å². The van der Waals surface area contributed by atoms with E-state index >= 15 is 0 Å². The number of nitrogens with one attached hydrogen (secondary N) is 1.